The zero-order valence-electron chi connectivity index (χ0n) is 11.3. The van der Waals surface area contributed by atoms with E-state index in [0.29, 0.717) is 0 Å². The molecule has 0 fully saturated rings. The topological polar surface area (TPSA) is 0 Å². The maximum atomic E-state index is 3.97. The molecule has 0 bridgehead atoms. The first-order valence-corrected chi connectivity index (χ1v) is 6.35. The molecule has 0 atom stereocenters. The van der Waals surface area contributed by atoms with E-state index in [4.69, 9.17) is 0 Å². The Hall–Kier alpha value is -2.34. The van der Waals surface area contributed by atoms with Gasteiger partial charge in [-0.05, 0) is 35.2 Å². The highest BCUT2D eigenvalue weighted by Crippen LogP contribution is 2.16. The van der Waals surface area contributed by atoms with E-state index in [1.54, 1.807) is 0 Å². The zero-order chi connectivity index (χ0) is 13.7. The number of rotatable bonds is 4. The summed E-state index contributed by atoms with van der Waals surface area (Å²) in [5, 5.41) is 0. The maximum Gasteiger partial charge on any atom is -0.0227 e. The van der Waals surface area contributed by atoms with Crippen molar-refractivity contribution in [1.82, 2.24) is 0 Å². The molecule has 19 heavy (non-hydrogen) atoms. The van der Waals surface area contributed by atoms with Gasteiger partial charge in [0.25, 0.3) is 0 Å². The molecule has 0 N–H and O–H groups in total. The van der Waals surface area contributed by atoms with Crippen LogP contribution in [0.5, 0.6) is 0 Å². The normalized spacial score (nSPS) is 10.6. The molecule has 2 aromatic rings. The van der Waals surface area contributed by atoms with E-state index < -0.39 is 0 Å². The van der Waals surface area contributed by atoms with Crippen LogP contribution in [0.25, 0.3) is 23.8 Å². The monoisotopic (exact) mass is 246 g/mol. The van der Waals surface area contributed by atoms with Crippen LogP contribution in [0.15, 0.2) is 61.7 Å². The highest BCUT2D eigenvalue weighted by molar-refractivity contribution is 5.72. The molecule has 0 saturated carbocycles. The minimum Gasteiger partial charge on any atom is -0.0985 e. The van der Waals surface area contributed by atoms with Gasteiger partial charge in [0, 0.05) is 0 Å². The summed E-state index contributed by atoms with van der Waals surface area (Å²) in [7, 11) is 0. The Morgan fingerprint density at radius 1 is 0.895 bits per heavy atom. The SMILES string of the molecule is C=Cc1ccc(/C=C/c2cccc(C(=C)C)c2)cc1. The predicted molar refractivity (Wildman–Crippen MR) is 86.6 cm³/mol. The Kier molecular flexibility index (Phi) is 4.15. The van der Waals surface area contributed by atoms with Crippen molar-refractivity contribution in [2.75, 3.05) is 0 Å². The van der Waals surface area contributed by atoms with Crippen molar-refractivity contribution in [3.8, 4) is 0 Å². The molecule has 0 radical (unpaired) electrons. The molecule has 0 aliphatic carbocycles. The van der Waals surface area contributed by atoms with Gasteiger partial charge in [-0.15, -0.1) is 0 Å². The van der Waals surface area contributed by atoms with Crippen molar-refractivity contribution in [2.24, 2.45) is 0 Å². The van der Waals surface area contributed by atoms with Crippen molar-refractivity contribution in [1.29, 1.82) is 0 Å². The number of benzene rings is 2. The summed E-state index contributed by atoms with van der Waals surface area (Å²) in [6, 6.07) is 16.7. The van der Waals surface area contributed by atoms with Gasteiger partial charge < -0.3 is 0 Å². The second-order valence-electron chi connectivity index (χ2n) is 4.61. The Bertz CT molecular complexity index is 613. The van der Waals surface area contributed by atoms with Crippen LogP contribution in [-0.2, 0) is 0 Å². The summed E-state index contributed by atoms with van der Waals surface area (Å²) in [6.45, 7) is 9.75. The van der Waals surface area contributed by atoms with Gasteiger partial charge in [-0.3, -0.25) is 0 Å². The summed E-state index contributed by atoms with van der Waals surface area (Å²) in [5.74, 6) is 0. The lowest BCUT2D eigenvalue weighted by molar-refractivity contribution is 1.56. The van der Waals surface area contributed by atoms with E-state index in [0.717, 1.165) is 11.1 Å². The summed E-state index contributed by atoms with van der Waals surface area (Å²) in [6.07, 6.45) is 6.09. The molecule has 0 nitrogen and oxygen atoms in total. The number of hydrogen-bond acceptors (Lipinski definition) is 0. The van der Waals surface area contributed by atoms with Gasteiger partial charge in [-0.25, -0.2) is 0 Å². The number of allylic oxidation sites excluding steroid dienone is 1. The summed E-state index contributed by atoms with van der Waals surface area (Å²) < 4.78 is 0. The predicted octanol–water partition coefficient (Wildman–Crippen LogP) is 5.53. The number of hydrogen-bond donors (Lipinski definition) is 0. The fourth-order valence-corrected chi connectivity index (χ4v) is 1.84. The van der Waals surface area contributed by atoms with E-state index in [2.05, 4.69) is 73.8 Å². The quantitative estimate of drug-likeness (QED) is 0.622. The molecular formula is C19H18. The molecule has 0 saturated heterocycles. The van der Waals surface area contributed by atoms with Crippen LogP contribution < -0.4 is 0 Å². The Morgan fingerprint density at radius 2 is 1.53 bits per heavy atom. The zero-order valence-corrected chi connectivity index (χ0v) is 11.3. The lowest BCUT2D eigenvalue weighted by Gasteiger charge is -2.01. The van der Waals surface area contributed by atoms with E-state index in [1.807, 2.05) is 13.0 Å². The Balaban J connectivity index is 2.19. The second kappa shape index (κ2) is 6.01. The molecule has 0 aliphatic rings. The molecule has 0 unspecified atom stereocenters. The third kappa shape index (κ3) is 3.56. The third-order valence-electron chi connectivity index (χ3n) is 3.02. The van der Waals surface area contributed by atoms with E-state index in [9.17, 15) is 0 Å². The van der Waals surface area contributed by atoms with Crippen LogP contribution in [-0.4, -0.2) is 0 Å². The summed E-state index contributed by atoms with van der Waals surface area (Å²) >= 11 is 0. The molecule has 0 aliphatic heterocycles. The molecule has 0 amide bonds. The lowest BCUT2D eigenvalue weighted by atomic mass is 10.0. The lowest BCUT2D eigenvalue weighted by Crippen LogP contribution is -1.79. The smallest absolute Gasteiger partial charge is 0.0227 e. The van der Waals surface area contributed by atoms with Crippen molar-refractivity contribution >= 4 is 23.8 Å². The van der Waals surface area contributed by atoms with Crippen LogP contribution in [0.4, 0.5) is 0 Å². The van der Waals surface area contributed by atoms with Crippen molar-refractivity contribution in [3.63, 3.8) is 0 Å². The molecule has 94 valence electrons. The molecule has 2 aromatic carbocycles. The van der Waals surface area contributed by atoms with E-state index >= 15 is 0 Å². The van der Waals surface area contributed by atoms with Crippen LogP contribution in [0.1, 0.15) is 29.2 Å². The van der Waals surface area contributed by atoms with Gasteiger partial charge in [0.1, 0.15) is 0 Å². The molecular weight excluding hydrogens is 228 g/mol. The first-order chi connectivity index (χ1) is 9.19. The average molecular weight is 246 g/mol. The van der Waals surface area contributed by atoms with Crippen molar-refractivity contribution < 1.29 is 0 Å². The first-order valence-electron chi connectivity index (χ1n) is 6.35. The van der Waals surface area contributed by atoms with Gasteiger partial charge in [-0.1, -0.05) is 79.4 Å². The fraction of sp³-hybridized carbons (Fsp3) is 0.0526. The van der Waals surface area contributed by atoms with Crippen LogP contribution in [0.3, 0.4) is 0 Å². The Labute approximate surface area is 115 Å². The van der Waals surface area contributed by atoms with Gasteiger partial charge in [0.05, 0.1) is 0 Å². The second-order valence-corrected chi connectivity index (χ2v) is 4.61. The molecule has 0 heteroatoms. The average Bonchev–Trinajstić information content (AvgIpc) is 2.46. The van der Waals surface area contributed by atoms with Crippen LogP contribution in [0, 0.1) is 0 Å². The minimum atomic E-state index is 1.09. The van der Waals surface area contributed by atoms with Crippen molar-refractivity contribution in [2.45, 2.75) is 6.92 Å². The summed E-state index contributed by atoms with van der Waals surface area (Å²) in [5.41, 5.74) is 5.79. The fourth-order valence-electron chi connectivity index (χ4n) is 1.84. The molecule has 2 rings (SSSR count). The van der Waals surface area contributed by atoms with Gasteiger partial charge in [0.15, 0.2) is 0 Å². The van der Waals surface area contributed by atoms with Gasteiger partial charge >= 0.3 is 0 Å². The minimum absolute atomic E-state index is 1.09. The van der Waals surface area contributed by atoms with Gasteiger partial charge in [0.2, 0.25) is 0 Å². The molecule has 0 aromatic heterocycles. The third-order valence-corrected chi connectivity index (χ3v) is 3.02. The van der Waals surface area contributed by atoms with E-state index in [1.165, 1.54) is 16.7 Å². The Morgan fingerprint density at radius 3 is 2.16 bits per heavy atom. The summed E-state index contributed by atoms with van der Waals surface area (Å²) in [4.78, 5) is 0. The van der Waals surface area contributed by atoms with Gasteiger partial charge in [-0.2, -0.15) is 0 Å². The standard InChI is InChI=1S/C19H18/c1-4-16-8-10-17(11-9-16)12-13-18-6-5-7-19(14-18)15(2)3/h4-14H,1-2H2,3H3/b13-12+. The highest BCUT2D eigenvalue weighted by atomic mass is 14.0. The van der Waals surface area contributed by atoms with Crippen LogP contribution in [0.2, 0.25) is 0 Å². The first kappa shape index (κ1) is 13.1. The largest absolute Gasteiger partial charge is 0.0985 e. The van der Waals surface area contributed by atoms with E-state index in [-0.39, 0.29) is 0 Å². The van der Waals surface area contributed by atoms with Crippen LogP contribution >= 0.6 is 0 Å². The maximum absolute atomic E-state index is 3.97. The van der Waals surface area contributed by atoms with Crippen molar-refractivity contribution in [3.05, 3.63) is 83.9 Å². The molecule has 0 spiro atoms. The highest BCUT2D eigenvalue weighted by Gasteiger charge is 1.94. The molecule has 0 heterocycles.